The lowest BCUT2D eigenvalue weighted by molar-refractivity contribution is 0.0118. The maximum absolute atomic E-state index is 13.0. The number of hydrogen-bond donors (Lipinski definition) is 3. The molecule has 7 nitrogen and oxygen atoms in total. The van der Waals surface area contributed by atoms with E-state index in [-0.39, 0.29) is 34.8 Å². The van der Waals surface area contributed by atoms with Crippen LogP contribution in [0.25, 0.3) is 11.1 Å². The molecule has 21 heavy (non-hydrogen) atoms. The van der Waals surface area contributed by atoms with E-state index in [1.165, 1.54) is 6.92 Å². The average molecular weight is 323 g/mol. The van der Waals surface area contributed by atoms with Crippen LogP contribution in [0.2, 0.25) is 0 Å². The van der Waals surface area contributed by atoms with Gasteiger partial charge in [-0.25, -0.2) is 13.8 Å². The molecule has 10 heteroatoms. The van der Waals surface area contributed by atoms with Gasteiger partial charge in [0.1, 0.15) is 11.1 Å². The molecule has 0 aromatic carbocycles. The molecule has 0 radical (unpaired) electrons. The van der Waals surface area contributed by atoms with E-state index in [0.717, 1.165) is 6.33 Å². The molecule has 0 atom stereocenters. The Hall–Kier alpha value is -2.00. The number of hydrogen-bond acceptors (Lipinski definition) is 5. The molecule has 2 aromatic heterocycles. The van der Waals surface area contributed by atoms with Crippen LogP contribution in [0.15, 0.2) is 15.5 Å². The fraction of sp³-hybridized carbons (Fsp3) is 0.364. The Labute approximate surface area is 123 Å². The van der Waals surface area contributed by atoms with Gasteiger partial charge >= 0.3 is 0 Å². The van der Waals surface area contributed by atoms with Crippen molar-refractivity contribution in [2.45, 2.75) is 12.8 Å². The number of amides is 1. The SMILES string of the molecule is Cc1oc2nc[nH]c(=O)c2c1C(=O)NCC(F)(F)CN.Cl. The van der Waals surface area contributed by atoms with Gasteiger partial charge in [0, 0.05) is 0 Å². The predicted molar refractivity (Wildman–Crippen MR) is 72.9 cm³/mol. The highest BCUT2D eigenvalue weighted by Crippen LogP contribution is 2.20. The van der Waals surface area contributed by atoms with Crippen LogP contribution in [0.5, 0.6) is 0 Å². The summed E-state index contributed by atoms with van der Waals surface area (Å²) in [4.78, 5) is 29.7. The third-order valence-corrected chi connectivity index (χ3v) is 2.70. The molecule has 0 spiro atoms. The van der Waals surface area contributed by atoms with Crippen molar-refractivity contribution in [1.29, 1.82) is 0 Å². The van der Waals surface area contributed by atoms with Crippen molar-refractivity contribution in [3.8, 4) is 0 Å². The summed E-state index contributed by atoms with van der Waals surface area (Å²) in [5.74, 6) is -3.93. The van der Waals surface area contributed by atoms with Crippen LogP contribution in [0.4, 0.5) is 8.78 Å². The number of nitrogens with zero attached hydrogens (tertiary/aromatic N) is 1. The highest BCUT2D eigenvalue weighted by atomic mass is 35.5. The minimum atomic E-state index is -3.21. The van der Waals surface area contributed by atoms with Crippen molar-refractivity contribution in [2.24, 2.45) is 5.73 Å². The van der Waals surface area contributed by atoms with Gasteiger partial charge in [-0.05, 0) is 6.92 Å². The Kier molecular flexibility index (Phi) is 5.02. The Morgan fingerprint density at radius 3 is 2.86 bits per heavy atom. The number of halogens is 3. The highest BCUT2D eigenvalue weighted by Gasteiger charge is 2.29. The van der Waals surface area contributed by atoms with E-state index in [1.807, 2.05) is 5.32 Å². The van der Waals surface area contributed by atoms with E-state index in [4.69, 9.17) is 10.2 Å². The van der Waals surface area contributed by atoms with E-state index in [2.05, 4.69) is 9.97 Å². The number of furan rings is 1. The third kappa shape index (κ3) is 3.37. The first kappa shape index (κ1) is 17.1. The number of fused-ring (bicyclic) bond motifs is 1. The molecule has 0 aliphatic rings. The molecular weight excluding hydrogens is 310 g/mol. The summed E-state index contributed by atoms with van der Waals surface area (Å²) in [6.45, 7) is -0.371. The van der Waals surface area contributed by atoms with Gasteiger partial charge in [0.25, 0.3) is 17.4 Å². The summed E-state index contributed by atoms with van der Waals surface area (Å²) in [7, 11) is 0. The van der Waals surface area contributed by atoms with Crippen LogP contribution in [-0.4, -0.2) is 34.9 Å². The van der Waals surface area contributed by atoms with E-state index in [1.54, 1.807) is 0 Å². The number of aromatic nitrogens is 2. The molecule has 116 valence electrons. The van der Waals surface area contributed by atoms with Crippen molar-refractivity contribution in [3.63, 3.8) is 0 Å². The van der Waals surface area contributed by atoms with Gasteiger partial charge in [0.2, 0.25) is 5.71 Å². The standard InChI is InChI=1S/C11H12F2N4O3.ClH/c1-5-6(8(18)15-3-11(12,13)2-14)7-9(19)16-4-17-10(7)20-5;/h4H,2-3,14H2,1H3,(H,15,18)(H,16,17,19);1H. The summed E-state index contributed by atoms with van der Waals surface area (Å²) in [6.07, 6.45) is 1.12. The van der Waals surface area contributed by atoms with E-state index in [0.29, 0.717) is 0 Å². The van der Waals surface area contributed by atoms with E-state index < -0.39 is 30.5 Å². The first-order chi connectivity index (χ1) is 9.35. The quantitative estimate of drug-likeness (QED) is 0.761. The molecule has 1 amide bonds. The molecule has 2 rings (SSSR count). The van der Waals surface area contributed by atoms with Crippen molar-refractivity contribution in [3.05, 3.63) is 28.0 Å². The maximum Gasteiger partial charge on any atom is 0.277 e. The molecule has 0 aliphatic carbocycles. The smallest absolute Gasteiger partial charge is 0.277 e. The summed E-state index contributed by atoms with van der Waals surface area (Å²) < 4.78 is 31.2. The summed E-state index contributed by atoms with van der Waals surface area (Å²) in [5, 5.41) is 1.96. The Morgan fingerprint density at radius 2 is 2.24 bits per heavy atom. The molecule has 2 aromatic rings. The predicted octanol–water partition coefficient (Wildman–Crippen LogP) is 0.570. The number of aryl methyl sites for hydroxylation is 1. The molecule has 0 saturated heterocycles. The zero-order chi connectivity index (χ0) is 14.9. The fourth-order valence-corrected chi connectivity index (χ4v) is 1.70. The minimum Gasteiger partial charge on any atom is -0.442 e. The summed E-state index contributed by atoms with van der Waals surface area (Å²) >= 11 is 0. The third-order valence-electron chi connectivity index (χ3n) is 2.70. The van der Waals surface area contributed by atoms with Crippen LogP contribution in [0.3, 0.4) is 0 Å². The molecule has 2 heterocycles. The van der Waals surface area contributed by atoms with Crippen molar-refractivity contribution in [1.82, 2.24) is 15.3 Å². The molecule has 0 bridgehead atoms. The van der Waals surface area contributed by atoms with Crippen molar-refractivity contribution in [2.75, 3.05) is 13.1 Å². The second-order valence-electron chi connectivity index (χ2n) is 4.19. The Balaban J connectivity index is 0.00000220. The molecule has 0 fully saturated rings. The second kappa shape index (κ2) is 6.19. The first-order valence-electron chi connectivity index (χ1n) is 5.68. The molecule has 0 saturated carbocycles. The number of alkyl halides is 2. The summed E-state index contributed by atoms with van der Waals surface area (Å²) in [5.41, 5.74) is 4.15. The number of rotatable bonds is 4. The van der Waals surface area contributed by atoms with Crippen molar-refractivity contribution >= 4 is 29.4 Å². The van der Waals surface area contributed by atoms with Crippen LogP contribution >= 0.6 is 12.4 Å². The molecular formula is C11H13ClF2N4O3. The second-order valence-corrected chi connectivity index (χ2v) is 4.19. The highest BCUT2D eigenvalue weighted by molar-refractivity contribution is 6.06. The zero-order valence-electron chi connectivity index (χ0n) is 10.9. The zero-order valence-corrected chi connectivity index (χ0v) is 11.7. The van der Waals surface area contributed by atoms with Crippen LogP contribution in [0.1, 0.15) is 16.1 Å². The molecule has 0 unspecified atom stereocenters. The van der Waals surface area contributed by atoms with Gasteiger partial charge in [-0.15, -0.1) is 12.4 Å². The number of H-pyrrole nitrogens is 1. The van der Waals surface area contributed by atoms with Crippen LogP contribution in [0, 0.1) is 6.92 Å². The number of nitrogens with one attached hydrogen (secondary N) is 2. The Bertz CT molecular complexity index is 713. The largest absolute Gasteiger partial charge is 0.442 e. The lowest BCUT2D eigenvalue weighted by atomic mass is 10.1. The van der Waals surface area contributed by atoms with Crippen LogP contribution in [-0.2, 0) is 0 Å². The fourth-order valence-electron chi connectivity index (χ4n) is 1.70. The first-order valence-corrected chi connectivity index (χ1v) is 5.68. The molecule has 0 aliphatic heterocycles. The summed E-state index contributed by atoms with van der Waals surface area (Å²) in [6, 6.07) is 0. The van der Waals surface area contributed by atoms with E-state index in [9.17, 15) is 18.4 Å². The maximum atomic E-state index is 13.0. The number of nitrogens with two attached hydrogens (primary N) is 1. The lowest BCUT2D eigenvalue weighted by Crippen LogP contribution is -2.41. The van der Waals surface area contributed by atoms with Gasteiger partial charge in [-0.2, -0.15) is 0 Å². The topological polar surface area (TPSA) is 114 Å². The normalized spacial score (nSPS) is 11.2. The number of carbonyl (C=O) groups is 1. The van der Waals surface area contributed by atoms with Crippen LogP contribution < -0.4 is 16.6 Å². The molecule has 4 N–H and O–H groups in total. The Morgan fingerprint density at radius 1 is 1.57 bits per heavy atom. The van der Waals surface area contributed by atoms with Gasteiger partial charge < -0.3 is 20.5 Å². The number of aromatic amines is 1. The van der Waals surface area contributed by atoms with Gasteiger partial charge in [-0.3, -0.25) is 9.59 Å². The van der Waals surface area contributed by atoms with Crippen molar-refractivity contribution < 1.29 is 18.0 Å². The van der Waals surface area contributed by atoms with Gasteiger partial charge in [0.15, 0.2) is 0 Å². The lowest BCUT2D eigenvalue weighted by Gasteiger charge is -2.14. The van der Waals surface area contributed by atoms with Gasteiger partial charge in [-0.1, -0.05) is 0 Å². The average Bonchev–Trinajstić information content (AvgIpc) is 2.74. The van der Waals surface area contributed by atoms with Gasteiger partial charge in [0.05, 0.1) is 25.0 Å². The minimum absolute atomic E-state index is 0. The number of carbonyl (C=O) groups excluding carboxylic acids is 1. The monoisotopic (exact) mass is 322 g/mol. The van der Waals surface area contributed by atoms with E-state index >= 15 is 0 Å².